The predicted molar refractivity (Wildman–Crippen MR) is 59.0 cm³/mol. The summed E-state index contributed by atoms with van der Waals surface area (Å²) in [7, 11) is 0. The Morgan fingerprint density at radius 2 is 1.87 bits per heavy atom. The molecule has 1 unspecified atom stereocenters. The highest BCUT2D eigenvalue weighted by molar-refractivity contribution is 4.93. The molecule has 4 nitrogen and oxygen atoms in total. The molecule has 0 amide bonds. The van der Waals surface area contributed by atoms with Crippen LogP contribution in [0.4, 0.5) is 0 Å². The number of hydrazine groups is 1. The zero-order valence-corrected chi connectivity index (χ0v) is 9.19. The van der Waals surface area contributed by atoms with Gasteiger partial charge in [-0.1, -0.05) is 6.42 Å². The van der Waals surface area contributed by atoms with E-state index in [2.05, 4.69) is 27.3 Å². The van der Waals surface area contributed by atoms with Crippen LogP contribution in [0.5, 0.6) is 0 Å². The minimum Gasteiger partial charge on any atom is -0.245 e. The van der Waals surface area contributed by atoms with E-state index in [-0.39, 0.29) is 6.04 Å². The van der Waals surface area contributed by atoms with Crippen LogP contribution in [0.2, 0.25) is 0 Å². The predicted octanol–water partition coefficient (Wildman–Crippen LogP) is 1.53. The molecule has 1 aromatic rings. The van der Waals surface area contributed by atoms with Gasteiger partial charge in [0, 0.05) is 25.5 Å². The van der Waals surface area contributed by atoms with Crippen molar-refractivity contribution in [1.29, 1.82) is 0 Å². The third-order valence-electron chi connectivity index (χ3n) is 2.71. The number of nitrogens with one attached hydrogen (secondary N) is 1. The first kappa shape index (κ1) is 10.5. The summed E-state index contributed by atoms with van der Waals surface area (Å²) < 4.78 is 0. The Bertz CT molecular complexity index is 282. The van der Waals surface area contributed by atoms with Crippen LogP contribution in [-0.4, -0.2) is 28.1 Å². The van der Waals surface area contributed by atoms with Crippen molar-refractivity contribution in [3.05, 3.63) is 24.3 Å². The van der Waals surface area contributed by atoms with E-state index in [1.807, 2.05) is 6.07 Å². The number of piperidine rings is 1. The molecule has 0 aliphatic carbocycles. The molecule has 82 valence electrons. The second-order valence-electron chi connectivity index (χ2n) is 4.01. The molecule has 0 bridgehead atoms. The second kappa shape index (κ2) is 5.19. The monoisotopic (exact) mass is 206 g/mol. The van der Waals surface area contributed by atoms with Gasteiger partial charge < -0.3 is 0 Å². The lowest BCUT2D eigenvalue weighted by atomic mass is 10.2. The highest BCUT2D eigenvalue weighted by Crippen LogP contribution is 2.10. The van der Waals surface area contributed by atoms with Crippen molar-refractivity contribution in [2.24, 2.45) is 0 Å². The summed E-state index contributed by atoms with van der Waals surface area (Å²) in [6.07, 6.45) is 7.51. The first-order chi connectivity index (χ1) is 7.36. The van der Waals surface area contributed by atoms with E-state index in [0.29, 0.717) is 0 Å². The van der Waals surface area contributed by atoms with Crippen molar-refractivity contribution < 1.29 is 0 Å². The largest absolute Gasteiger partial charge is 0.245 e. The molecule has 1 atom stereocenters. The Morgan fingerprint density at radius 1 is 1.20 bits per heavy atom. The van der Waals surface area contributed by atoms with Crippen molar-refractivity contribution in [1.82, 2.24) is 20.4 Å². The quantitative estimate of drug-likeness (QED) is 0.814. The smallest absolute Gasteiger partial charge is 0.146 e. The topological polar surface area (TPSA) is 41.0 Å². The van der Waals surface area contributed by atoms with Crippen molar-refractivity contribution >= 4 is 0 Å². The van der Waals surface area contributed by atoms with E-state index < -0.39 is 0 Å². The Balaban J connectivity index is 1.88. The Morgan fingerprint density at radius 3 is 2.53 bits per heavy atom. The van der Waals surface area contributed by atoms with Gasteiger partial charge in [0.25, 0.3) is 0 Å². The van der Waals surface area contributed by atoms with E-state index in [1.54, 1.807) is 12.4 Å². The van der Waals surface area contributed by atoms with E-state index >= 15 is 0 Å². The minimum absolute atomic E-state index is 0.198. The number of rotatable bonds is 3. The summed E-state index contributed by atoms with van der Waals surface area (Å²) in [6, 6.07) is 2.04. The van der Waals surface area contributed by atoms with Gasteiger partial charge in [-0.15, -0.1) is 0 Å². The van der Waals surface area contributed by atoms with Crippen LogP contribution in [0.1, 0.15) is 38.1 Å². The standard InChI is InChI=1S/C11H18N4/c1-10(11-12-6-5-7-13-11)14-15-8-3-2-4-9-15/h5-7,10,14H,2-4,8-9H2,1H3. The average Bonchev–Trinajstić information content (AvgIpc) is 2.31. The maximum atomic E-state index is 4.24. The Hall–Kier alpha value is -1.00. The highest BCUT2D eigenvalue weighted by Gasteiger charge is 2.14. The zero-order valence-electron chi connectivity index (χ0n) is 9.19. The maximum Gasteiger partial charge on any atom is 0.146 e. The van der Waals surface area contributed by atoms with Gasteiger partial charge in [0.1, 0.15) is 5.82 Å². The molecule has 15 heavy (non-hydrogen) atoms. The highest BCUT2D eigenvalue weighted by atomic mass is 15.5. The normalized spacial score (nSPS) is 20.1. The molecule has 0 aromatic carbocycles. The first-order valence-electron chi connectivity index (χ1n) is 5.64. The van der Waals surface area contributed by atoms with Crippen LogP contribution in [0.3, 0.4) is 0 Å². The summed E-state index contributed by atoms with van der Waals surface area (Å²) in [5, 5.41) is 2.28. The summed E-state index contributed by atoms with van der Waals surface area (Å²) in [5.41, 5.74) is 3.44. The lowest BCUT2D eigenvalue weighted by molar-refractivity contribution is 0.130. The molecule has 2 heterocycles. The molecule has 1 fully saturated rings. The van der Waals surface area contributed by atoms with Crippen molar-refractivity contribution in [3.63, 3.8) is 0 Å². The summed E-state index contributed by atoms with van der Waals surface area (Å²) in [5.74, 6) is 0.864. The fourth-order valence-electron chi connectivity index (χ4n) is 1.89. The van der Waals surface area contributed by atoms with Crippen molar-refractivity contribution in [3.8, 4) is 0 Å². The SMILES string of the molecule is CC(NN1CCCCC1)c1ncccn1. The average molecular weight is 206 g/mol. The summed E-state index contributed by atoms with van der Waals surface area (Å²) in [4.78, 5) is 8.49. The first-order valence-corrected chi connectivity index (χ1v) is 5.64. The lowest BCUT2D eigenvalue weighted by Crippen LogP contribution is -2.43. The van der Waals surface area contributed by atoms with Gasteiger partial charge in [-0.25, -0.2) is 20.4 Å². The van der Waals surface area contributed by atoms with Crippen molar-refractivity contribution in [2.75, 3.05) is 13.1 Å². The minimum atomic E-state index is 0.198. The third kappa shape index (κ3) is 2.97. The molecular weight excluding hydrogens is 188 g/mol. The van der Waals surface area contributed by atoms with Gasteiger partial charge in [-0.2, -0.15) is 0 Å². The van der Waals surface area contributed by atoms with Crippen LogP contribution in [-0.2, 0) is 0 Å². The Labute approximate surface area is 90.7 Å². The number of hydrogen-bond acceptors (Lipinski definition) is 4. The van der Waals surface area contributed by atoms with Gasteiger partial charge >= 0.3 is 0 Å². The third-order valence-corrected chi connectivity index (χ3v) is 2.71. The number of hydrogen-bond donors (Lipinski definition) is 1. The zero-order chi connectivity index (χ0) is 10.5. The van der Waals surface area contributed by atoms with Crippen LogP contribution < -0.4 is 5.43 Å². The molecule has 1 N–H and O–H groups in total. The fourth-order valence-corrected chi connectivity index (χ4v) is 1.89. The number of aromatic nitrogens is 2. The fraction of sp³-hybridized carbons (Fsp3) is 0.636. The molecular formula is C11H18N4. The molecule has 1 aromatic heterocycles. The van der Waals surface area contributed by atoms with Crippen LogP contribution in [0.15, 0.2) is 18.5 Å². The maximum absolute atomic E-state index is 4.24. The van der Waals surface area contributed by atoms with E-state index in [1.165, 1.54) is 19.3 Å². The second-order valence-corrected chi connectivity index (χ2v) is 4.01. The molecule has 1 aliphatic heterocycles. The number of nitrogens with zero attached hydrogens (tertiary/aromatic N) is 3. The van der Waals surface area contributed by atoms with E-state index in [9.17, 15) is 0 Å². The molecule has 2 rings (SSSR count). The summed E-state index contributed by atoms with van der Waals surface area (Å²) in [6.45, 7) is 4.37. The molecule has 0 radical (unpaired) electrons. The molecule has 1 saturated heterocycles. The molecule has 1 aliphatic rings. The van der Waals surface area contributed by atoms with Gasteiger partial charge in [-0.3, -0.25) is 0 Å². The van der Waals surface area contributed by atoms with Gasteiger partial charge in [-0.05, 0) is 25.8 Å². The van der Waals surface area contributed by atoms with Gasteiger partial charge in [0.15, 0.2) is 0 Å². The van der Waals surface area contributed by atoms with Crippen LogP contribution in [0, 0.1) is 0 Å². The van der Waals surface area contributed by atoms with Gasteiger partial charge in [0.2, 0.25) is 0 Å². The van der Waals surface area contributed by atoms with Gasteiger partial charge in [0.05, 0.1) is 6.04 Å². The molecule has 0 spiro atoms. The molecule has 4 heteroatoms. The lowest BCUT2D eigenvalue weighted by Gasteiger charge is -2.29. The summed E-state index contributed by atoms with van der Waals surface area (Å²) >= 11 is 0. The Kier molecular flexibility index (Phi) is 3.64. The van der Waals surface area contributed by atoms with Crippen LogP contribution in [0.25, 0.3) is 0 Å². The van der Waals surface area contributed by atoms with E-state index in [0.717, 1.165) is 18.9 Å². The van der Waals surface area contributed by atoms with Crippen molar-refractivity contribution in [2.45, 2.75) is 32.2 Å². The molecule has 0 saturated carbocycles. The van der Waals surface area contributed by atoms with Crippen LogP contribution >= 0.6 is 0 Å². The van der Waals surface area contributed by atoms with E-state index in [4.69, 9.17) is 0 Å².